The Morgan fingerprint density at radius 1 is 1.23 bits per heavy atom. The van der Waals surface area contributed by atoms with E-state index < -0.39 is 12.5 Å². The fourth-order valence-electron chi connectivity index (χ4n) is 2.61. The molecule has 0 spiro atoms. The summed E-state index contributed by atoms with van der Waals surface area (Å²) in [4.78, 5) is 2.29. The van der Waals surface area contributed by atoms with Gasteiger partial charge >= 0.3 is 0 Å². The molecule has 1 unspecified atom stereocenters. The van der Waals surface area contributed by atoms with E-state index in [0.717, 1.165) is 19.6 Å². The van der Waals surface area contributed by atoms with Crippen LogP contribution >= 0.6 is 0 Å². The maximum Gasteiger partial charge on any atom is 0.267 e. The zero-order valence-electron chi connectivity index (χ0n) is 13.7. The van der Waals surface area contributed by atoms with Crippen LogP contribution in [0.5, 0.6) is 5.75 Å². The smallest absolute Gasteiger partial charge is 0.267 e. The standard InChI is InChI=1S/C15H21F2NO2.C2H6/c1-20-14-5-4-11(10-12(14)15(16)17)13(19)6-9-18-7-2-3-8-18;1-2/h4-5,10,13,15,19H,2-3,6-9H2,1H3;1-2H3. The molecule has 1 aliphatic heterocycles. The summed E-state index contributed by atoms with van der Waals surface area (Å²) < 4.78 is 30.8. The molecule has 1 heterocycles. The van der Waals surface area contributed by atoms with Crippen LogP contribution in [0, 0.1) is 0 Å². The lowest BCUT2D eigenvalue weighted by Crippen LogP contribution is -2.22. The Hall–Kier alpha value is -1.20. The number of aliphatic hydroxyl groups excluding tert-OH is 1. The largest absolute Gasteiger partial charge is 0.496 e. The fraction of sp³-hybridized carbons (Fsp3) is 0.647. The van der Waals surface area contributed by atoms with Crippen LogP contribution in [0.4, 0.5) is 8.78 Å². The third-order valence-corrected chi connectivity index (χ3v) is 3.79. The predicted octanol–water partition coefficient (Wildman–Crippen LogP) is 4.18. The minimum absolute atomic E-state index is 0.162. The Kier molecular flexibility index (Phi) is 8.35. The van der Waals surface area contributed by atoms with Crippen LogP contribution in [0.25, 0.3) is 0 Å². The fourth-order valence-corrected chi connectivity index (χ4v) is 2.61. The number of benzene rings is 1. The second kappa shape index (κ2) is 9.74. The van der Waals surface area contributed by atoms with Crippen molar-refractivity contribution >= 4 is 0 Å². The van der Waals surface area contributed by atoms with Gasteiger partial charge in [0.25, 0.3) is 6.43 Å². The molecule has 1 aromatic rings. The van der Waals surface area contributed by atoms with E-state index in [1.807, 2.05) is 13.8 Å². The van der Waals surface area contributed by atoms with Crippen LogP contribution in [-0.2, 0) is 0 Å². The van der Waals surface area contributed by atoms with Crippen molar-refractivity contribution in [2.75, 3.05) is 26.7 Å². The van der Waals surface area contributed by atoms with E-state index in [1.54, 1.807) is 6.07 Å². The van der Waals surface area contributed by atoms with Crippen LogP contribution in [0.3, 0.4) is 0 Å². The minimum atomic E-state index is -2.60. The summed E-state index contributed by atoms with van der Waals surface area (Å²) in [5.41, 5.74) is 0.366. The highest BCUT2D eigenvalue weighted by molar-refractivity contribution is 5.38. The van der Waals surface area contributed by atoms with E-state index in [9.17, 15) is 13.9 Å². The molecule has 0 bridgehead atoms. The summed E-state index contributed by atoms with van der Waals surface area (Å²) in [7, 11) is 1.37. The van der Waals surface area contributed by atoms with Crippen molar-refractivity contribution in [1.29, 1.82) is 0 Å². The second-order valence-electron chi connectivity index (χ2n) is 5.16. The molecule has 1 aromatic carbocycles. The average Bonchev–Trinajstić information content (AvgIpc) is 3.07. The molecule has 3 nitrogen and oxygen atoms in total. The number of ether oxygens (including phenoxy) is 1. The van der Waals surface area contributed by atoms with Crippen molar-refractivity contribution in [1.82, 2.24) is 4.90 Å². The molecule has 5 heteroatoms. The molecule has 1 saturated heterocycles. The molecular weight excluding hydrogens is 288 g/mol. The molecule has 0 saturated carbocycles. The number of aliphatic hydroxyl groups is 1. The van der Waals surface area contributed by atoms with Gasteiger partial charge in [-0.1, -0.05) is 19.9 Å². The van der Waals surface area contributed by atoms with Gasteiger partial charge in [0.05, 0.1) is 18.8 Å². The highest BCUT2D eigenvalue weighted by atomic mass is 19.3. The van der Waals surface area contributed by atoms with E-state index in [0.29, 0.717) is 12.0 Å². The number of halogens is 2. The SMILES string of the molecule is CC.COc1ccc(C(O)CCN2CCCC2)cc1C(F)F. The number of nitrogens with zero attached hydrogens (tertiary/aromatic N) is 1. The van der Waals surface area contributed by atoms with Gasteiger partial charge in [-0.3, -0.25) is 0 Å². The molecule has 0 radical (unpaired) electrons. The first-order valence-corrected chi connectivity index (χ1v) is 7.98. The van der Waals surface area contributed by atoms with Gasteiger partial charge in [-0.15, -0.1) is 0 Å². The lowest BCUT2D eigenvalue weighted by molar-refractivity contribution is 0.141. The van der Waals surface area contributed by atoms with E-state index in [-0.39, 0.29) is 11.3 Å². The molecule has 22 heavy (non-hydrogen) atoms. The Morgan fingerprint density at radius 2 is 1.86 bits per heavy atom. The van der Waals surface area contributed by atoms with Crippen molar-refractivity contribution in [3.8, 4) is 5.75 Å². The van der Waals surface area contributed by atoms with Crippen molar-refractivity contribution in [2.45, 2.75) is 45.6 Å². The Labute approximate surface area is 131 Å². The molecule has 1 aliphatic rings. The van der Waals surface area contributed by atoms with Crippen molar-refractivity contribution < 1.29 is 18.6 Å². The number of alkyl halides is 2. The van der Waals surface area contributed by atoms with Gasteiger partial charge in [0.1, 0.15) is 5.75 Å². The number of hydrogen-bond acceptors (Lipinski definition) is 3. The van der Waals surface area contributed by atoms with Crippen LogP contribution in [0.15, 0.2) is 18.2 Å². The lowest BCUT2D eigenvalue weighted by atomic mass is 10.0. The summed E-state index contributed by atoms with van der Waals surface area (Å²) in [5.74, 6) is 0.162. The topological polar surface area (TPSA) is 32.7 Å². The first-order valence-electron chi connectivity index (χ1n) is 7.98. The van der Waals surface area contributed by atoms with Gasteiger partial charge in [0, 0.05) is 6.54 Å². The Bertz CT molecular complexity index is 435. The summed E-state index contributed by atoms with van der Waals surface area (Å²) in [6.45, 7) is 6.94. The second-order valence-corrected chi connectivity index (χ2v) is 5.16. The Balaban J connectivity index is 0.00000116. The van der Waals surface area contributed by atoms with Gasteiger partial charge in [-0.2, -0.15) is 0 Å². The molecule has 126 valence electrons. The quantitative estimate of drug-likeness (QED) is 0.855. The van der Waals surface area contributed by atoms with Crippen molar-refractivity contribution in [2.24, 2.45) is 0 Å². The predicted molar refractivity (Wildman–Crippen MR) is 84.5 cm³/mol. The summed E-state index contributed by atoms with van der Waals surface area (Å²) in [6, 6.07) is 4.49. The molecule has 1 fully saturated rings. The third-order valence-electron chi connectivity index (χ3n) is 3.79. The van der Waals surface area contributed by atoms with E-state index in [2.05, 4.69) is 4.90 Å². The van der Waals surface area contributed by atoms with E-state index in [4.69, 9.17) is 4.74 Å². The van der Waals surface area contributed by atoms with Gasteiger partial charge < -0.3 is 14.7 Å². The number of likely N-dealkylation sites (tertiary alicyclic amines) is 1. The van der Waals surface area contributed by atoms with Crippen LogP contribution in [0.2, 0.25) is 0 Å². The highest BCUT2D eigenvalue weighted by Gasteiger charge is 2.18. The molecule has 1 atom stereocenters. The monoisotopic (exact) mass is 315 g/mol. The molecule has 0 aromatic heterocycles. The van der Waals surface area contributed by atoms with E-state index in [1.165, 1.54) is 32.1 Å². The first kappa shape index (κ1) is 18.8. The van der Waals surface area contributed by atoms with Crippen molar-refractivity contribution in [3.63, 3.8) is 0 Å². The van der Waals surface area contributed by atoms with Crippen LogP contribution < -0.4 is 4.74 Å². The lowest BCUT2D eigenvalue weighted by Gasteiger charge is -2.18. The molecule has 2 rings (SSSR count). The number of rotatable bonds is 6. The minimum Gasteiger partial charge on any atom is -0.496 e. The first-order chi connectivity index (χ1) is 10.6. The number of methoxy groups -OCH3 is 1. The third kappa shape index (κ3) is 5.21. The summed E-state index contributed by atoms with van der Waals surface area (Å²) in [5, 5.41) is 10.1. The highest BCUT2D eigenvalue weighted by Crippen LogP contribution is 2.32. The normalized spacial score (nSPS) is 16.3. The zero-order valence-corrected chi connectivity index (χ0v) is 13.7. The summed E-state index contributed by atoms with van der Waals surface area (Å²) in [6.07, 6.45) is -0.341. The van der Waals surface area contributed by atoms with Crippen LogP contribution in [0.1, 0.15) is 56.8 Å². The molecule has 0 aliphatic carbocycles. The molecular formula is C17H27F2NO2. The maximum atomic E-state index is 12.9. The van der Waals surface area contributed by atoms with E-state index >= 15 is 0 Å². The summed E-state index contributed by atoms with van der Waals surface area (Å²) >= 11 is 0. The Morgan fingerprint density at radius 3 is 2.41 bits per heavy atom. The van der Waals surface area contributed by atoms with Gasteiger partial charge in [0.15, 0.2) is 0 Å². The maximum absolute atomic E-state index is 12.9. The van der Waals surface area contributed by atoms with Gasteiger partial charge in [-0.05, 0) is 50.0 Å². The van der Waals surface area contributed by atoms with Gasteiger partial charge in [0.2, 0.25) is 0 Å². The van der Waals surface area contributed by atoms with Crippen LogP contribution in [-0.4, -0.2) is 36.8 Å². The average molecular weight is 315 g/mol. The zero-order chi connectivity index (χ0) is 16.5. The molecule has 1 N–H and O–H groups in total. The molecule has 0 amide bonds. The van der Waals surface area contributed by atoms with Gasteiger partial charge in [-0.25, -0.2) is 8.78 Å². The van der Waals surface area contributed by atoms with Crippen molar-refractivity contribution in [3.05, 3.63) is 29.3 Å². The number of hydrogen-bond donors (Lipinski definition) is 1.